The average Bonchev–Trinajstić information content (AvgIpc) is 2.94. The van der Waals surface area contributed by atoms with Crippen LogP contribution in [-0.4, -0.2) is 6.54 Å². The summed E-state index contributed by atoms with van der Waals surface area (Å²) in [4.78, 5) is 2.47. The largest absolute Gasteiger partial charge is 0.341 e. The van der Waals surface area contributed by atoms with Gasteiger partial charge in [0.05, 0.1) is 0 Å². The van der Waals surface area contributed by atoms with Crippen molar-refractivity contribution in [2.45, 2.75) is 148 Å². The molecule has 0 radical (unpaired) electrons. The molecule has 0 aromatic heterocycles. The van der Waals surface area contributed by atoms with Gasteiger partial charge in [0.25, 0.3) is 0 Å². The molecule has 0 bridgehead atoms. The molecule has 0 N–H and O–H groups in total. The highest BCUT2D eigenvalue weighted by molar-refractivity contribution is 5.62. The maximum absolute atomic E-state index is 2.47. The minimum atomic E-state index is 1.10. The van der Waals surface area contributed by atoms with Crippen LogP contribution in [-0.2, 0) is 0 Å². The third kappa shape index (κ3) is 16.6. The number of nitrogens with zero attached hydrogens (tertiary/aromatic N) is 1. The zero-order valence-electron chi connectivity index (χ0n) is 24.5. The van der Waals surface area contributed by atoms with Gasteiger partial charge in [0, 0.05) is 17.9 Å². The molecule has 0 saturated carbocycles. The van der Waals surface area contributed by atoms with E-state index < -0.39 is 0 Å². The Kier molecular flexibility index (Phi) is 19.9. The molecule has 0 unspecified atom stereocenters. The van der Waals surface area contributed by atoms with E-state index >= 15 is 0 Å². The molecule has 37 heavy (non-hydrogen) atoms. The van der Waals surface area contributed by atoms with E-state index in [1.165, 1.54) is 153 Å². The molecule has 2 aromatic carbocycles. The van der Waals surface area contributed by atoms with Crippen molar-refractivity contribution in [3.8, 4) is 0 Å². The highest BCUT2D eigenvalue weighted by Crippen LogP contribution is 2.25. The number of para-hydroxylation sites is 2. The fraction of sp³-hybridized carbons (Fsp3) is 0.667. The Morgan fingerprint density at radius 1 is 0.351 bits per heavy atom. The van der Waals surface area contributed by atoms with Gasteiger partial charge in [-0.1, -0.05) is 178 Å². The van der Waals surface area contributed by atoms with Crippen molar-refractivity contribution in [2.75, 3.05) is 11.4 Å². The summed E-state index contributed by atoms with van der Waals surface area (Å²) in [6, 6.07) is 21.7. The number of rotatable bonds is 25. The van der Waals surface area contributed by atoms with Crippen LogP contribution in [0.4, 0.5) is 11.4 Å². The highest BCUT2D eigenvalue weighted by Gasteiger charge is 2.08. The molecule has 0 saturated heterocycles. The second-order valence-electron chi connectivity index (χ2n) is 11.2. The molecule has 1 nitrogen and oxygen atoms in total. The van der Waals surface area contributed by atoms with Crippen molar-refractivity contribution in [3.05, 3.63) is 60.7 Å². The first-order valence-electron chi connectivity index (χ1n) is 16.3. The Labute approximate surface area is 231 Å². The average molecular weight is 506 g/mol. The van der Waals surface area contributed by atoms with Crippen LogP contribution in [0.2, 0.25) is 0 Å². The third-order valence-corrected chi connectivity index (χ3v) is 7.87. The molecule has 0 amide bonds. The van der Waals surface area contributed by atoms with Crippen molar-refractivity contribution in [3.63, 3.8) is 0 Å². The van der Waals surface area contributed by atoms with Crippen molar-refractivity contribution in [2.24, 2.45) is 0 Å². The predicted molar refractivity (Wildman–Crippen MR) is 167 cm³/mol. The molecule has 0 aliphatic rings. The molecule has 1 heteroatoms. The van der Waals surface area contributed by atoms with Gasteiger partial charge in [-0.05, 0) is 30.7 Å². The lowest BCUT2D eigenvalue weighted by molar-refractivity contribution is 0.519. The SMILES string of the molecule is CCCCCCCCCCCCCCCCCCCCCCCCN(c1ccccc1)c1ccccc1. The van der Waals surface area contributed by atoms with Gasteiger partial charge in [-0.15, -0.1) is 0 Å². The van der Waals surface area contributed by atoms with Gasteiger partial charge >= 0.3 is 0 Å². The molecule has 0 atom stereocenters. The molecule has 2 rings (SSSR count). The lowest BCUT2D eigenvalue weighted by atomic mass is 10.0. The minimum Gasteiger partial charge on any atom is -0.341 e. The summed E-state index contributed by atoms with van der Waals surface area (Å²) in [5.74, 6) is 0. The van der Waals surface area contributed by atoms with E-state index in [4.69, 9.17) is 0 Å². The van der Waals surface area contributed by atoms with Gasteiger partial charge in [-0.3, -0.25) is 0 Å². The Bertz CT molecular complexity index is 670. The molecule has 2 aromatic rings. The van der Waals surface area contributed by atoms with Crippen LogP contribution >= 0.6 is 0 Å². The minimum absolute atomic E-state index is 1.10. The fourth-order valence-electron chi connectivity index (χ4n) is 5.50. The van der Waals surface area contributed by atoms with Gasteiger partial charge in [0.1, 0.15) is 0 Å². The molecule has 0 fully saturated rings. The lowest BCUT2D eigenvalue weighted by Gasteiger charge is -2.25. The van der Waals surface area contributed by atoms with Crippen LogP contribution in [0.1, 0.15) is 148 Å². The molecule has 208 valence electrons. The standard InChI is InChI=1S/C36H59N/c1-2-3-4-5-6-7-8-9-10-11-12-13-14-15-16-17-18-19-20-21-22-29-34-37(35-30-25-23-26-31-35)36-32-27-24-28-33-36/h23-28,30-33H,2-22,29,34H2,1H3. The Morgan fingerprint density at radius 3 is 0.919 bits per heavy atom. The zero-order valence-corrected chi connectivity index (χ0v) is 24.5. The maximum Gasteiger partial charge on any atom is 0.0410 e. The maximum atomic E-state index is 2.47. The van der Waals surface area contributed by atoms with Gasteiger partial charge in [-0.25, -0.2) is 0 Å². The number of hydrogen-bond acceptors (Lipinski definition) is 1. The van der Waals surface area contributed by atoms with Crippen molar-refractivity contribution >= 4 is 11.4 Å². The summed E-state index contributed by atoms with van der Waals surface area (Å²) in [6.07, 6.45) is 31.7. The fourth-order valence-corrected chi connectivity index (χ4v) is 5.50. The Morgan fingerprint density at radius 2 is 0.622 bits per heavy atom. The van der Waals surface area contributed by atoms with Crippen molar-refractivity contribution in [1.82, 2.24) is 0 Å². The van der Waals surface area contributed by atoms with E-state index in [1.54, 1.807) is 0 Å². The van der Waals surface area contributed by atoms with E-state index in [0.29, 0.717) is 0 Å². The topological polar surface area (TPSA) is 3.24 Å². The van der Waals surface area contributed by atoms with E-state index in [0.717, 1.165) is 6.54 Å². The quantitative estimate of drug-likeness (QED) is 0.121. The predicted octanol–water partition coefficient (Wildman–Crippen LogP) is 12.4. The Balaban J connectivity index is 1.34. The summed E-state index contributed by atoms with van der Waals surface area (Å²) in [5.41, 5.74) is 2.61. The van der Waals surface area contributed by atoms with Crippen LogP contribution in [0.25, 0.3) is 0 Å². The second-order valence-corrected chi connectivity index (χ2v) is 11.2. The van der Waals surface area contributed by atoms with Gasteiger partial charge in [0.15, 0.2) is 0 Å². The monoisotopic (exact) mass is 505 g/mol. The highest BCUT2D eigenvalue weighted by atomic mass is 15.1. The van der Waals surface area contributed by atoms with Gasteiger partial charge in [0.2, 0.25) is 0 Å². The molecular weight excluding hydrogens is 446 g/mol. The second kappa shape index (κ2) is 23.4. The van der Waals surface area contributed by atoms with E-state index in [1.807, 2.05) is 0 Å². The van der Waals surface area contributed by atoms with Crippen LogP contribution in [0.5, 0.6) is 0 Å². The molecular formula is C36H59N. The first-order chi connectivity index (χ1) is 18.4. The third-order valence-electron chi connectivity index (χ3n) is 7.87. The first kappa shape index (κ1) is 31.5. The summed E-state index contributed by atoms with van der Waals surface area (Å²) in [5, 5.41) is 0. The molecule has 0 aliphatic carbocycles. The lowest BCUT2D eigenvalue weighted by Crippen LogP contribution is -2.18. The zero-order chi connectivity index (χ0) is 26.1. The summed E-state index contributed by atoms with van der Waals surface area (Å²) < 4.78 is 0. The van der Waals surface area contributed by atoms with E-state index in [2.05, 4.69) is 72.5 Å². The van der Waals surface area contributed by atoms with Crippen LogP contribution in [0, 0.1) is 0 Å². The van der Waals surface area contributed by atoms with Crippen LogP contribution in [0.15, 0.2) is 60.7 Å². The molecule has 0 spiro atoms. The number of anilines is 2. The summed E-state index contributed by atoms with van der Waals surface area (Å²) >= 11 is 0. The first-order valence-corrected chi connectivity index (χ1v) is 16.3. The van der Waals surface area contributed by atoms with Crippen LogP contribution < -0.4 is 4.90 Å². The number of unbranched alkanes of at least 4 members (excludes halogenated alkanes) is 21. The van der Waals surface area contributed by atoms with Gasteiger partial charge < -0.3 is 4.90 Å². The Hall–Kier alpha value is -1.76. The summed E-state index contributed by atoms with van der Waals surface area (Å²) in [7, 11) is 0. The number of benzene rings is 2. The molecule has 0 heterocycles. The number of hydrogen-bond donors (Lipinski definition) is 0. The normalized spacial score (nSPS) is 11.2. The smallest absolute Gasteiger partial charge is 0.0410 e. The van der Waals surface area contributed by atoms with Crippen molar-refractivity contribution in [1.29, 1.82) is 0 Å². The van der Waals surface area contributed by atoms with Crippen molar-refractivity contribution < 1.29 is 0 Å². The van der Waals surface area contributed by atoms with E-state index in [-0.39, 0.29) is 0 Å². The summed E-state index contributed by atoms with van der Waals surface area (Å²) in [6.45, 7) is 3.41. The van der Waals surface area contributed by atoms with E-state index in [9.17, 15) is 0 Å². The van der Waals surface area contributed by atoms with Gasteiger partial charge in [-0.2, -0.15) is 0 Å². The molecule has 0 aliphatic heterocycles. The van der Waals surface area contributed by atoms with Crippen LogP contribution in [0.3, 0.4) is 0 Å².